The summed E-state index contributed by atoms with van der Waals surface area (Å²) in [6, 6.07) is 0.590. The van der Waals surface area contributed by atoms with Gasteiger partial charge < -0.3 is 9.64 Å². The standard InChI is InChI=1S/C15H27N3O2/c1-2-16-9-10-20-14(12-16)15(19)18-8-5-13(11-18)17-6-3-4-7-17/h13-14H,2-12H2,1H3. The summed E-state index contributed by atoms with van der Waals surface area (Å²) in [5.41, 5.74) is 0. The predicted octanol–water partition coefficient (Wildman–Crippen LogP) is 0.404. The number of rotatable bonds is 3. The molecule has 0 radical (unpaired) electrons. The summed E-state index contributed by atoms with van der Waals surface area (Å²) in [7, 11) is 0. The van der Waals surface area contributed by atoms with Crippen molar-refractivity contribution in [3.8, 4) is 0 Å². The van der Waals surface area contributed by atoms with Crippen LogP contribution in [0.5, 0.6) is 0 Å². The van der Waals surface area contributed by atoms with Crippen LogP contribution in [0.3, 0.4) is 0 Å². The topological polar surface area (TPSA) is 36.0 Å². The summed E-state index contributed by atoms with van der Waals surface area (Å²) in [4.78, 5) is 19.5. The van der Waals surface area contributed by atoms with Gasteiger partial charge in [0.25, 0.3) is 5.91 Å². The number of carbonyl (C=O) groups excluding carboxylic acids is 1. The van der Waals surface area contributed by atoms with Gasteiger partial charge in [-0.2, -0.15) is 0 Å². The fourth-order valence-corrected chi connectivity index (χ4v) is 3.69. The average molecular weight is 281 g/mol. The second-order valence-electron chi connectivity index (χ2n) is 6.22. The summed E-state index contributed by atoms with van der Waals surface area (Å²) in [6.45, 7) is 9.81. The normalized spacial score (nSPS) is 33.0. The maximum absolute atomic E-state index is 12.6. The predicted molar refractivity (Wildman–Crippen MR) is 77.6 cm³/mol. The zero-order valence-corrected chi connectivity index (χ0v) is 12.6. The molecular formula is C15H27N3O2. The Balaban J connectivity index is 1.52. The maximum Gasteiger partial charge on any atom is 0.253 e. The first-order chi connectivity index (χ1) is 9.78. The molecule has 0 aromatic carbocycles. The summed E-state index contributed by atoms with van der Waals surface area (Å²) < 4.78 is 5.70. The van der Waals surface area contributed by atoms with Gasteiger partial charge in [-0.3, -0.25) is 14.6 Å². The Kier molecular flexibility index (Phi) is 4.58. The third-order valence-corrected chi connectivity index (χ3v) is 5.01. The van der Waals surface area contributed by atoms with Crippen molar-refractivity contribution in [2.24, 2.45) is 0 Å². The largest absolute Gasteiger partial charge is 0.366 e. The van der Waals surface area contributed by atoms with Crippen LogP contribution in [0.2, 0.25) is 0 Å². The number of likely N-dealkylation sites (N-methyl/N-ethyl adjacent to an activating group) is 1. The Morgan fingerprint density at radius 3 is 2.70 bits per heavy atom. The van der Waals surface area contributed by atoms with Gasteiger partial charge in [-0.25, -0.2) is 0 Å². The maximum atomic E-state index is 12.6. The molecule has 3 aliphatic heterocycles. The molecule has 0 aliphatic carbocycles. The van der Waals surface area contributed by atoms with Gasteiger partial charge >= 0.3 is 0 Å². The molecule has 3 saturated heterocycles. The quantitative estimate of drug-likeness (QED) is 0.750. The molecule has 3 fully saturated rings. The Bertz CT molecular complexity index is 344. The van der Waals surface area contributed by atoms with Gasteiger partial charge in [0.1, 0.15) is 6.10 Å². The monoisotopic (exact) mass is 281 g/mol. The molecule has 0 N–H and O–H groups in total. The van der Waals surface area contributed by atoms with E-state index in [0.717, 1.165) is 39.1 Å². The molecule has 5 heteroatoms. The molecule has 0 saturated carbocycles. The fourth-order valence-electron chi connectivity index (χ4n) is 3.69. The molecule has 1 amide bonds. The van der Waals surface area contributed by atoms with E-state index in [0.29, 0.717) is 12.6 Å². The molecular weight excluding hydrogens is 254 g/mol. The molecule has 0 spiro atoms. The lowest BCUT2D eigenvalue weighted by molar-refractivity contribution is -0.148. The number of likely N-dealkylation sites (tertiary alicyclic amines) is 2. The zero-order valence-electron chi connectivity index (χ0n) is 12.6. The number of carbonyl (C=O) groups is 1. The SMILES string of the molecule is CCN1CCOC(C(=O)N2CCC(N3CCCC3)C2)C1. The lowest BCUT2D eigenvalue weighted by Crippen LogP contribution is -2.51. The van der Waals surface area contributed by atoms with Gasteiger partial charge in [0.2, 0.25) is 0 Å². The number of morpholine rings is 1. The van der Waals surface area contributed by atoms with E-state index in [4.69, 9.17) is 4.74 Å². The van der Waals surface area contributed by atoms with Crippen molar-refractivity contribution in [3.05, 3.63) is 0 Å². The Labute approximate surface area is 121 Å². The van der Waals surface area contributed by atoms with Crippen molar-refractivity contribution >= 4 is 5.91 Å². The van der Waals surface area contributed by atoms with Crippen molar-refractivity contribution in [2.45, 2.75) is 38.3 Å². The number of nitrogens with zero attached hydrogens (tertiary/aromatic N) is 3. The van der Waals surface area contributed by atoms with Gasteiger partial charge in [-0.15, -0.1) is 0 Å². The van der Waals surface area contributed by atoms with Crippen molar-refractivity contribution in [1.29, 1.82) is 0 Å². The zero-order chi connectivity index (χ0) is 13.9. The smallest absolute Gasteiger partial charge is 0.253 e. The van der Waals surface area contributed by atoms with Crippen molar-refractivity contribution in [3.63, 3.8) is 0 Å². The molecule has 3 aliphatic rings. The van der Waals surface area contributed by atoms with Gasteiger partial charge in [0.05, 0.1) is 6.61 Å². The average Bonchev–Trinajstić information content (AvgIpc) is 3.17. The van der Waals surface area contributed by atoms with Crippen LogP contribution in [0.15, 0.2) is 0 Å². The molecule has 3 rings (SSSR count). The van der Waals surface area contributed by atoms with Crippen LogP contribution in [-0.2, 0) is 9.53 Å². The Morgan fingerprint density at radius 1 is 1.15 bits per heavy atom. The van der Waals surface area contributed by atoms with E-state index in [2.05, 4.69) is 16.7 Å². The molecule has 2 unspecified atom stereocenters. The van der Waals surface area contributed by atoms with E-state index in [9.17, 15) is 4.79 Å². The fraction of sp³-hybridized carbons (Fsp3) is 0.933. The van der Waals surface area contributed by atoms with E-state index in [1.807, 2.05) is 4.90 Å². The summed E-state index contributed by atoms with van der Waals surface area (Å²) in [5.74, 6) is 0.213. The summed E-state index contributed by atoms with van der Waals surface area (Å²) >= 11 is 0. The van der Waals surface area contributed by atoms with Gasteiger partial charge in [-0.1, -0.05) is 6.92 Å². The van der Waals surface area contributed by atoms with Crippen molar-refractivity contribution < 1.29 is 9.53 Å². The van der Waals surface area contributed by atoms with Crippen LogP contribution in [0, 0.1) is 0 Å². The van der Waals surface area contributed by atoms with Crippen LogP contribution in [0.25, 0.3) is 0 Å². The van der Waals surface area contributed by atoms with E-state index in [1.54, 1.807) is 0 Å². The Morgan fingerprint density at radius 2 is 1.95 bits per heavy atom. The van der Waals surface area contributed by atoms with Gasteiger partial charge in [0, 0.05) is 32.2 Å². The van der Waals surface area contributed by atoms with Gasteiger partial charge in [-0.05, 0) is 38.9 Å². The molecule has 0 bridgehead atoms. The highest BCUT2D eigenvalue weighted by molar-refractivity contribution is 5.81. The molecule has 114 valence electrons. The number of hydrogen-bond donors (Lipinski definition) is 0. The molecule has 0 aromatic rings. The lowest BCUT2D eigenvalue weighted by Gasteiger charge is -2.33. The molecule has 20 heavy (non-hydrogen) atoms. The van der Waals surface area contributed by atoms with Crippen LogP contribution >= 0.6 is 0 Å². The minimum absolute atomic E-state index is 0.213. The van der Waals surface area contributed by atoms with E-state index in [-0.39, 0.29) is 12.0 Å². The van der Waals surface area contributed by atoms with Crippen LogP contribution in [-0.4, -0.2) is 85.2 Å². The summed E-state index contributed by atoms with van der Waals surface area (Å²) in [5, 5.41) is 0. The highest BCUT2D eigenvalue weighted by atomic mass is 16.5. The third kappa shape index (κ3) is 3.00. The van der Waals surface area contributed by atoms with Crippen LogP contribution < -0.4 is 0 Å². The van der Waals surface area contributed by atoms with Crippen molar-refractivity contribution in [2.75, 3.05) is 52.4 Å². The second-order valence-corrected chi connectivity index (χ2v) is 6.22. The number of ether oxygens (including phenoxy) is 1. The molecule has 0 aromatic heterocycles. The third-order valence-electron chi connectivity index (χ3n) is 5.01. The van der Waals surface area contributed by atoms with Gasteiger partial charge in [0.15, 0.2) is 0 Å². The highest BCUT2D eigenvalue weighted by Crippen LogP contribution is 2.21. The van der Waals surface area contributed by atoms with E-state index >= 15 is 0 Å². The Hall–Kier alpha value is -0.650. The second kappa shape index (κ2) is 6.41. The molecule has 5 nitrogen and oxygen atoms in total. The first kappa shape index (κ1) is 14.3. The van der Waals surface area contributed by atoms with Crippen LogP contribution in [0.1, 0.15) is 26.2 Å². The number of amides is 1. The first-order valence-corrected chi connectivity index (χ1v) is 8.14. The number of hydrogen-bond acceptors (Lipinski definition) is 4. The summed E-state index contributed by atoms with van der Waals surface area (Å²) in [6.07, 6.45) is 3.54. The van der Waals surface area contributed by atoms with E-state index in [1.165, 1.54) is 25.9 Å². The minimum atomic E-state index is -0.235. The van der Waals surface area contributed by atoms with E-state index < -0.39 is 0 Å². The molecule has 2 atom stereocenters. The lowest BCUT2D eigenvalue weighted by atomic mass is 10.2. The molecule has 3 heterocycles. The van der Waals surface area contributed by atoms with Crippen LogP contribution in [0.4, 0.5) is 0 Å². The highest BCUT2D eigenvalue weighted by Gasteiger charge is 2.36. The van der Waals surface area contributed by atoms with Crippen molar-refractivity contribution in [1.82, 2.24) is 14.7 Å². The minimum Gasteiger partial charge on any atom is -0.366 e. The first-order valence-electron chi connectivity index (χ1n) is 8.14.